The molecule has 0 aliphatic carbocycles. The van der Waals surface area contributed by atoms with E-state index in [-0.39, 0.29) is 6.04 Å². The summed E-state index contributed by atoms with van der Waals surface area (Å²) in [6.45, 7) is 3.91. The van der Waals surface area contributed by atoms with Crippen LogP contribution in [0.25, 0.3) is 0 Å². The third-order valence-corrected chi connectivity index (χ3v) is 4.65. The van der Waals surface area contributed by atoms with E-state index in [0.29, 0.717) is 0 Å². The van der Waals surface area contributed by atoms with Crippen LogP contribution in [0.4, 0.5) is 0 Å². The summed E-state index contributed by atoms with van der Waals surface area (Å²) < 4.78 is 5.61. The summed E-state index contributed by atoms with van der Waals surface area (Å²) in [6.07, 6.45) is 3.13. The van der Waals surface area contributed by atoms with E-state index in [9.17, 15) is 0 Å². The zero-order valence-corrected chi connectivity index (χ0v) is 13.4. The molecule has 0 amide bonds. The number of benzene rings is 2. The fourth-order valence-electron chi connectivity index (χ4n) is 2.81. The minimum absolute atomic E-state index is 0.247. The predicted octanol–water partition coefficient (Wildman–Crippen LogP) is 4.04. The van der Waals surface area contributed by atoms with E-state index in [0.717, 1.165) is 25.3 Å². The zero-order valence-electron chi connectivity index (χ0n) is 12.6. The second-order valence-corrected chi connectivity index (χ2v) is 6.11. The first-order valence-electron chi connectivity index (χ1n) is 7.44. The molecule has 0 saturated carbocycles. The molecule has 21 heavy (non-hydrogen) atoms. The van der Waals surface area contributed by atoms with Gasteiger partial charge in [0.15, 0.2) is 0 Å². The van der Waals surface area contributed by atoms with Crippen molar-refractivity contribution < 1.29 is 4.74 Å². The van der Waals surface area contributed by atoms with E-state index in [1.807, 2.05) is 0 Å². The number of ether oxygens (including phenoxy) is 1. The van der Waals surface area contributed by atoms with Crippen molar-refractivity contribution in [3.8, 4) is 5.75 Å². The highest BCUT2D eigenvalue weighted by Crippen LogP contribution is 2.31. The largest absolute Gasteiger partial charge is 0.493 e. The number of fused-ring (bicyclic) bond motifs is 1. The third-order valence-electron chi connectivity index (χ3n) is 3.90. The van der Waals surface area contributed by atoms with E-state index >= 15 is 0 Å². The smallest absolute Gasteiger partial charge is 0.122 e. The van der Waals surface area contributed by atoms with Crippen molar-refractivity contribution in [2.75, 3.05) is 19.4 Å². The van der Waals surface area contributed by atoms with E-state index in [1.54, 1.807) is 11.8 Å². The second-order valence-electron chi connectivity index (χ2n) is 5.23. The molecule has 1 heterocycles. The number of nitrogens with one attached hydrogen (secondary N) is 1. The Kier molecular flexibility index (Phi) is 4.51. The van der Waals surface area contributed by atoms with Gasteiger partial charge in [-0.05, 0) is 47.7 Å². The Morgan fingerprint density at radius 1 is 1.14 bits per heavy atom. The van der Waals surface area contributed by atoms with Crippen LogP contribution in [-0.4, -0.2) is 19.4 Å². The molecule has 1 aliphatic heterocycles. The number of rotatable bonds is 5. The van der Waals surface area contributed by atoms with Gasteiger partial charge in [-0.2, -0.15) is 0 Å². The lowest BCUT2D eigenvalue weighted by Gasteiger charge is -2.20. The fourth-order valence-corrected chi connectivity index (χ4v) is 3.22. The van der Waals surface area contributed by atoms with Crippen molar-refractivity contribution in [1.29, 1.82) is 0 Å². The average Bonchev–Trinajstić information content (AvgIpc) is 3.00. The molecule has 0 radical (unpaired) electrons. The van der Waals surface area contributed by atoms with E-state index < -0.39 is 0 Å². The first-order chi connectivity index (χ1) is 10.3. The van der Waals surface area contributed by atoms with Gasteiger partial charge in [-0.15, -0.1) is 11.8 Å². The maximum atomic E-state index is 5.61. The quantitative estimate of drug-likeness (QED) is 0.842. The fraction of sp³-hybridized carbons (Fsp3) is 0.333. The van der Waals surface area contributed by atoms with Gasteiger partial charge < -0.3 is 10.1 Å². The Morgan fingerprint density at radius 3 is 2.62 bits per heavy atom. The summed E-state index contributed by atoms with van der Waals surface area (Å²) in [6, 6.07) is 15.7. The van der Waals surface area contributed by atoms with Crippen molar-refractivity contribution >= 4 is 11.8 Å². The first-order valence-corrected chi connectivity index (χ1v) is 8.67. The molecule has 0 fully saturated rings. The molecule has 0 spiro atoms. The van der Waals surface area contributed by atoms with E-state index in [2.05, 4.69) is 61.0 Å². The lowest BCUT2D eigenvalue weighted by atomic mass is 9.96. The molecule has 1 N–H and O–H groups in total. The van der Waals surface area contributed by atoms with Crippen LogP contribution in [0, 0.1) is 0 Å². The number of hydrogen-bond donors (Lipinski definition) is 1. The Labute approximate surface area is 130 Å². The predicted molar refractivity (Wildman–Crippen MR) is 89.4 cm³/mol. The molecule has 110 valence electrons. The Bertz CT molecular complexity index is 609. The monoisotopic (exact) mass is 299 g/mol. The first kappa shape index (κ1) is 14.5. The second kappa shape index (κ2) is 6.54. The van der Waals surface area contributed by atoms with Crippen LogP contribution in [0.3, 0.4) is 0 Å². The van der Waals surface area contributed by atoms with E-state index in [1.165, 1.54) is 21.6 Å². The molecule has 1 aliphatic rings. The standard InChI is InChI=1S/C18H21NOS/c1-3-19-18(13-4-7-16(21-2)8-5-13)15-6-9-17-14(12-15)10-11-20-17/h4-9,12,18-19H,3,10-11H2,1-2H3. The third kappa shape index (κ3) is 3.09. The molecule has 2 nitrogen and oxygen atoms in total. The lowest BCUT2D eigenvalue weighted by molar-refractivity contribution is 0.357. The molecular weight excluding hydrogens is 278 g/mol. The summed E-state index contributed by atoms with van der Waals surface area (Å²) in [4.78, 5) is 1.30. The zero-order chi connectivity index (χ0) is 14.7. The van der Waals surface area contributed by atoms with Gasteiger partial charge in [-0.3, -0.25) is 0 Å². The van der Waals surface area contributed by atoms with Crippen LogP contribution in [0.15, 0.2) is 47.4 Å². The van der Waals surface area contributed by atoms with Gasteiger partial charge in [0, 0.05) is 11.3 Å². The Balaban J connectivity index is 1.93. The summed E-state index contributed by atoms with van der Waals surface area (Å²) in [5, 5.41) is 3.60. The Morgan fingerprint density at radius 2 is 1.90 bits per heavy atom. The molecule has 0 bridgehead atoms. The average molecular weight is 299 g/mol. The summed E-state index contributed by atoms with van der Waals surface area (Å²) in [7, 11) is 0. The van der Waals surface area contributed by atoms with Crippen molar-refractivity contribution in [2.24, 2.45) is 0 Å². The number of thioether (sulfide) groups is 1. The van der Waals surface area contributed by atoms with Gasteiger partial charge in [-0.1, -0.05) is 31.2 Å². The number of hydrogen-bond acceptors (Lipinski definition) is 3. The molecule has 2 aromatic carbocycles. The van der Waals surface area contributed by atoms with Gasteiger partial charge in [0.25, 0.3) is 0 Å². The summed E-state index contributed by atoms with van der Waals surface area (Å²) >= 11 is 1.78. The summed E-state index contributed by atoms with van der Waals surface area (Å²) in [5.41, 5.74) is 3.96. The molecule has 3 rings (SSSR count). The molecule has 3 heteroatoms. The van der Waals surface area contributed by atoms with Gasteiger partial charge in [0.05, 0.1) is 12.6 Å². The maximum Gasteiger partial charge on any atom is 0.122 e. The highest BCUT2D eigenvalue weighted by atomic mass is 32.2. The van der Waals surface area contributed by atoms with Crippen LogP contribution in [0.5, 0.6) is 5.75 Å². The molecule has 2 aromatic rings. The molecule has 0 aromatic heterocycles. The normalized spacial score (nSPS) is 14.6. The minimum Gasteiger partial charge on any atom is -0.493 e. The van der Waals surface area contributed by atoms with Crippen LogP contribution in [0.1, 0.15) is 29.7 Å². The van der Waals surface area contributed by atoms with Gasteiger partial charge in [-0.25, -0.2) is 0 Å². The van der Waals surface area contributed by atoms with Gasteiger partial charge in [0.2, 0.25) is 0 Å². The van der Waals surface area contributed by atoms with Crippen molar-refractivity contribution in [1.82, 2.24) is 5.32 Å². The van der Waals surface area contributed by atoms with Crippen LogP contribution >= 0.6 is 11.8 Å². The van der Waals surface area contributed by atoms with E-state index in [4.69, 9.17) is 4.74 Å². The van der Waals surface area contributed by atoms with Crippen LogP contribution in [-0.2, 0) is 6.42 Å². The Hall–Kier alpha value is -1.45. The van der Waals surface area contributed by atoms with Crippen LogP contribution < -0.4 is 10.1 Å². The lowest BCUT2D eigenvalue weighted by Crippen LogP contribution is -2.22. The van der Waals surface area contributed by atoms with Crippen molar-refractivity contribution in [3.05, 3.63) is 59.2 Å². The van der Waals surface area contributed by atoms with Crippen molar-refractivity contribution in [2.45, 2.75) is 24.3 Å². The molecule has 1 atom stereocenters. The summed E-state index contributed by atoms with van der Waals surface area (Å²) in [5.74, 6) is 1.05. The van der Waals surface area contributed by atoms with Crippen LogP contribution in [0.2, 0.25) is 0 Å². The molecule has 1 unspecified atom stereocenters. The van der Waals surface area contributed by atoms with Gasteiger partial charge in [0.1, 0.15) is 5.75 Å². The molecule has 0 saturated heterocycles. The minimum atomic E-state index is 0.247. The highest BCUT2D eigenvalue weighted by Gasteiger charge is 2.17. The van der Waals surface area contributed by atoms with Gasteiger partial charge >= 0.3 is 0 Å². The molecular formula is C18H21NOS. The SMILES string of the molecule is CCNC(c1ccc(SC)cc1)c1ccc2c(c1)CCO2. The van der Waals surface area contributed by atoms with Crippen molar-refractivity contribution in [3.63, 3.8) is 0 Å². The maximum absolute atomic E-state index is 5.61. The topological polar surface area (TPSA) is 21.3 Å². The highest BCUT2D eigenvalue weighted by molar-refractivity contribution is 7.98.